The van der Waals surface area contributed by atoms with Gasteiger partial charge >= 0.3 is 0 Å². The number of aryl methyl sites for hydroxylation is 3. The van der Waals surface area contributed by atoms with Gasteiger partial charge in [0, 0.05) is 12.6 Å². The standard InChI is InChI=1S/C11H17N5O/c1-6-7(2)17-8(3)10(6)11(14-12)9-5-13-15-16(9)4/h5,11,14H,12H2,1-4H3. The first-order valence-electron chi connectivity index (χ1n) is 5.43. The van der Waals surface area contributed by atoms with Crippen molar-refractivity contribution in [1.82, 2.24) is 20.4 Å². The van der Waals surface area contributed by atoms with Crippen LogP contribution in [-0.2, 0) is 7.05 Å². The lowest BCUT2D eigenvalue weighted by atomic mass is 10.0. The molecule has 2 aromatic heterocycles. The van der Waals surface area contributed by atoms with Crippen LogP contribution in [0, 0.1) is 20.8 Å². The Hall–Kier alpha value is -1.66. The van der Waals surface area contributed by atoms with Crippen LogP contribution in [0.1, 0.15) is 34.4 Å². The molecule has 0 fully saturated rings. The zero-order chi connectivity index (χ0) is 12.6. The van der Waals surface area contributed by atoms with Crippen molar-refractivity contribution in [3.63, 3.8) is 0 Å². The molecule has 6 heteroatoms. The Bertz CT molecular complexity index is 528. The molecule has 0 aromatic carbocycles. The Kier molecular flexibility index (Phi) is 2.99. The van der Waals surface area contributed by atoms with Gasteiger partial charge in [-0.15, -0.1) is 5.10 Å². The summed E-state index contributed by atoms with van der Waals surface area (Å²) in [7, 11) is 1.84. The van der Waals surface area contributed by atoms with Gasteiger partial charge in [0.1, 0.15) is 11.5 Å². The zero-order valence-electron chi connectivity index (χ0n) is 10.5. The first-order chi connectivity index (χ1) is 8.06. The summed E-state index contributed by atoms with van der Waals surface area (Å²) in [5.74, 6) is 7.43. The summed E-state index contributed by atoms with van der Waals surface area (Å²) < 4.78 is 7.32. The summed E-state index contributed by atoms with van der Waals surface area (Å²) in [4.78, 5) is 0. The highest BCUT2D eigenvalue weighted by molar-refractivity contribution is 5.38. The van der Waals surface area contributed by atoms with Gasteiger partial charge in [0.05, 0.1) is 17.9 Å². The lowest BCUT2D eigenvalue weighted by Crippen LogP contribution is -2.31. The summed E-state index contributed by atoms with van der Waals surface area (Å²) >= 11 is 0. The summed E-state index contributed by atoms with van der Waals surface area (Å²) in [5, 5.41) is 7.79. The lowest BCUT2D eigenvalue weighted by Gasteiger charge is -2.16. The Balaban J connectivity index is 2.53. The molecule has 2 heterocycles. The first-order valence-corrected chi connectivity index (χ1v) is 5.43. The number of hydrazine groups is 1. The largest absolute Gasteiger partial charge is 0.466 e. The highest BCUT2D eigenvalue weighted by Gasteiger charge is 2.24. The van der Waals surface area contributed by atoms with Crippen LogP contribution in [0.25, 0.3) is 0 Å². The topological polar surface area (TPSA) is 81.9 Å². The van der Waals surface area contributed by atoms with E-state index in [-0.39, 0.29) is 6.04 Å². The average Bonchev–Trinajstić information content (AvgIpc) is 2.79. The predicted octanol–water partition coefficient (Wildman–Crippen LogP) is 0.886. The number of nitrogens with zero attached hydrogens (tertiary/aromatic N) is 3. The molecule has 0 saturated carbocycles. The molecule has 2 rings (SSSR count). The summed E-state index contributed by atoms with van der Waals surface area (Å²) in [6.07, 6.45) is 1.70. The van der Waals surface area contributed by atoms with Crippen molar-refractivity contribution in [3.05, 3.63) is 34.5 Å². The Morgan fingerprint density at radius 1 is 1.35 bits per heavy atom. The van der Waals surface area contributed by atoms with Gasteiger partial charge in [0.15, 0.2) is 0 Å². The van der Waals surface area contributed by atoms with Crippen LogP contribution in [0.4, 0.5) is 0 Å². The third kappa shape index (κ3) is 1.85. The molecule has 1 atom stereocenters. The molecule has 17 heavy (non-hydrogen) atoms. The van der Waals surface area contributed by atoms with E-state index >= 15 is 0 Å². The SMILES string of the molecule is Cc1oc(C)c(C(NN)c2cnnn2C)c1C. The van der Waals surface area contributed by atoms with Gasteiger partial charge in [-0.2, -0.15) is 0 Å². The van der Waals surface area contributed by atoms with Crippen LogP contribution in [0.2, 0.25) is 0 Å². The number of furan rings is 1. The number of nitrogens with one attached hydrogen (secondary N) is 1. The molecule has 0 aliphatic heterocycles. The second-order valence-electron chi connectivity index (χ2n) is 4.14. The third-order valence-electron chi connectivity index (χ3n) is 3.12. The molecule has 0 aliphatic carbocycles. The molecule has 6 nitrogen and oxygen atoms in total. The maximum Gasteiger partial charge on any atom is 0.106 e. The number of rotatable bonds is 3. The van der Waals surface area contributed by atoms with Crippen molar-refractivity contribution in [2.45, 2.75) is 26.8 Å². The summed E-state index contributed by atoms with van der Waals surface area (Å²) in [6.45, 7) is 5.90. The van der Waals surface area contributed by atoms with Crippen LogP contribution in [-0.4, -0.2) is 15.0 Å². The molecule has 0 saturated heterocycles. The minimum Gasteiger partial charge on any atom is -0.466 e. The van der Waals surface area contributed by atoms with E-state index in [9.17, 15) is 0 Å². The number of hydrogen-bond acceptors (Lipinski definition) is 5. The van der Waals surface area contributed by atoms with E-state index in [0.717, 1.165) is 28.3 Å². The summed E-state index contributed by atoms with van der Waals surface area (Å²) in [5.41, 5.74) is 5.85. The van der Waals surface area contributed by atoms with Crippen LogP contribution >= 0.6 is 0 Å². The Labute approximate surface area is 99.8 Å². The normalized spacial score (nSPS) is 13.0. The van der Waals surface area contributed by atoms with Crippen molar-refractivity contribution in [3.8, 4) is 0 Å². The highest BCUT2D eigenvalue weighted by Crippen LogP contribution is 2.30. The van der Waals surface area contributed by atoms with E-state index in [2.05, 4.69) is 15.7 Å². The molecule has 1 unspecified atom stereocenters. The van der Waals surface area contributed by atoms with Gasteiger partial charge in [-0.05, 0) is 26.3 Å². The fraction of sp³-hybridized carbons (Fsp3) is 0.455. The van der Waals surface area contributed by atoms with E-state index in [1.54, 1.807) is 10.9 Å². The predicted molar refractivity (Wildman–Crippen MR) is 63.1 cm³/mol. The average molecular weight is 235 g/mol. The molecule has 0 bridgehead atoms. The minimum atomic E-state index is -0.160. The van der Waals surface area contributed by atoms with Gasteiger partial charge in [0.25, 0.3) is 0 Å². The van der Waals surface area contributed by atoms with Crippen molar-refractivity contribution < 1.29 is 4.42 Å². The number of aromatic nitrogens is 3. The Morgan fingerprint density at radius 3 is 2.47 bits per heavy atom. The second-order valence-corrected chi connectivity index (χ2v) is 4.14. The van der Waals surface area contributed by atoms with Crippen molar-refractivity contribution in [2.75, 3.05) is 0 Å². The van der Waals surface area contributed by atoms with E-state index in [1.807, 2.05) is 27.8 Å². The van der Waals surface area contributed by atoms with Gasteiger partial charge in [-0.1, -0.05) is 5.21 Å². The van der Waals surface area contributed by atoms with Crippen LogP contribution in [0.15, 0.2) is 10.6 Å². The van der Waals surface area contributed by atoms with Gasteiger partial charge in [-0.25, -0.2) is 5.43 Å². The number of nitrogens with two attached hydrogens (primary N) is 1. The van der Waals surface area contributed by atoms with Crippen LogP contribution in [0.3, 0.4) is 0 Å². The zero-order valence-corrected chi connectivity index (χ0v) is 10.5. The lowest BCUT2D eigenvalue weighted by molar-refractivity contribution is 0.490. The molecule has 2 aromatic rings. The van der Waals surface area contributed by atoms with E-state index in [1.165, 1.54) is 0 Å². The minimum absolute atomic E-state index is 0.160. The molecular formula is C11H17N5O. The van der Waals surface area contributed by atoms with Gasteiger partial charge in [0.2, 0.25) is 0 Å². The highest BCUT2D eigenvalue weighted by atomic mass is 16.3. The van der Waals surface area contributed by atoms with Crippen molar-refractivity contribution in [2.24, 2.45) is 12.9 Å². The molecule has 0 radical (unpaired) electrons. The van der Waals surface area contributed by atoms with E-state index in [0.29, 0.717) is 0 Å². The maximum absolute atomic E-state index is 5.65. The molecular weight excluding hydrogens is 218 g/mol. The molecule has 92 valence electrons. The van der Waals surface area contributed by atoms with E-state index in [4.69, 9.17) is 10.3 Å². The smallest absolute Gasteiger partial charge is 0.106 e. The van der Waals surface area contributed by atoms with Crippen molar-refractivity contribution in [1.29, 1.82) is 0 Å². The van der Waals surface area contributed by atoms with Crippen LogP contribution < -0.4 is 11.3 Å². The quantitative estimate of drug-likeness (QED) is 0.609. The molecule has 3 N–H and O–H groups in total. The fourth-order valence-electron chi connectivity index (χ4n) is 2.11. The van der Waals surface area contributed by atoms with Gasteiger partial charge in [-0.3, -0.25) is 10.5 Å². The molecule has 0 aliphatic rings. The van der Waals surface area contributed by atoms with Gasteiger partial charge < -0.3 is 4.42 Å². The van der Waals surface area contributed by atoms with E-state index < -0.39 is 0 Å². The number of hydrogen-bond donors (Lipinski definition) is 2. The Morgan fingerprint density at radius 2 is 2.06 bits per heavy atom. The third-order valence-corrected chi connectivity index (χ3v) is 3.12. The summed E-state index contributed by atoms with van der Waals surface area (Å²) in [6, 6.07) is -0.160. The first kappa shape index (κ1) is 11.8. The fourth-order valence-corrected chi connectivity index (χ4v) is 2.11. The molecule has 0 spiro atoms. The van der Waals surface area contributed by atoms with Crippen molar-refractivity contribution >= 4 is 0 Å². The maximum atomic E-state index is 5.65. The van der Waals surface area contributed by atoms with Crippen LogP contribution in [0.5, 0.6) is 0 Å². The monoisotopic (exact) mass is 235 g/mol. The molecule has 0 amide bonds. The second kappa shape index (κ2) is 4.31.